The fraction of sp³-hybridized carbons (Fsp3) is 0.538. The first-order valence-corrected chi connectivity index (χ1v) is 8.71. The molecule has 1 aliphatic heterocycles. The van der Waals surface area contributed by atoms with E-state index in [1.165, 1.54) is 17.3 Å². The van der Waals surface area contributed by atoms with Crippen LogP contribution in [0.25, 0.3) is 0 Å². The second kappa shape index (κ2) is 7.76. The Morgan fingerprint density at radius 3 is 2.65 bits per heavy atom. The Bertz CT molecular complexity index is 697. The summed E-state index contributed by atoms with van der Waals surface area (Å²) < 4.78 is 26.8. The molecule has 0 spiro atoms. The van der Waals surface area contributed by atoms with Crippen LogP contribution in [0, 0.1) is 17.0 Å². The third kappa shape index (κ3) is 4.13. The van der Waals surface area contributed by atoms with Crippen LogP contribution in [0.15, 0.2) is 17.0 Å². The maximum atomic E-state index is 12.7. The molecule has 2 rings (SSSR count). The maximum absolute atomic E-state index is 12.7. The van der Waals surface area contributed by atoms with Crippen molar-refractivity contribution in [1.82, 2.24) is 9.62 Å². The molecular weight excluding hydrogens is 365 g/mol. The monoisotopic (exact) mass is 383 g/mol. The molecule has 1 fully saturated rings. The highest BCUT2D eigenvalue weighted by molar-refractivity contribution is 7.89. The number of hydrogen-bond donors (Lipinski definition) is 1. The first-order valence-electron chi connectivity index (χ1n) is 6.89. The van der Waals surface area contributed by atoms with Gasteiger partial charge in [0.1, 0.15) is 0 Å². The van der Waals surface area contributed by atoms with Crippen LogP contribution in [0.2, 0.25) is 5.02 Å². The van der Waals surface area contributed by atoms with Gasteiger partial charge in [-0.05, 0) is 32.9 Å². The van der Waals surface area contributed by atoms with Crippen molar-refractivity contribution in [2.24, 2.45) is 0 Å². The Morgan fingerprint density at radius 1 is 1.43 bits per heavy atom. The molecule has 0 bridgehead atoms. The van der Waals surface area contributed by atoms with E-state index in [-0.39, 0.29) is 39.6 Å². The van der Waals surface area contributed by atoms with Gasteiger partial charge in [0, 0.05) is 30.8 Å². The minimum atomic E-state index is -3.80. The largest absolute Gasteiger partial charge is 0.316 e. The van der Waals surface area contributed by atoms with Crippen molar-refractivity contribution in [3.8, 4) is 0 Å². The molecule has 1 aromatic carbocycles. The molecule has 0 radical (unpaired) electrons. The Balaban J connectivity index is 0.00000264. The lowest BCUT2D eigenvalue weighted by Gasteiger charge is -2.31. The second-order valence-electron chi connectivity index (χ2n) is 5.30. The van der Waals surface area contributed by atoms with E-state index in [1.807, 2.05) is 0 Å². The summed E-state index contributed by atoms with van der Waals surface area (Å²) in [6, 6.07) is 2.45. The summed E-state index contributed by atoms with van der Waals surface area (Å²) in [7, 11) is -2.01. The van der Waals surface area contributed by atoms with Gasteiger partial charge in [0.15, 0.2) is 0 Å². The van der Waals surface area contributed by atoms with Gasteiger partial charge in [-0.15, -0.1) is 12.4 Å². The molecule has 1 aliphatic rings. The zero-order valence-electron chi connectivity index (χ0n) is 12.8. The number of rotatable bonds is 4. The standard InChI is InChI=1S/C13H18ClN3O4S.ClH/c1-9-12(14)6-11(7-13(9)17(18)19)22(20,21)16-5-3-4-10(8-16)15-2;/h6-7,10,15H,3-5,8H2,1-2H3;1H. The third-order valence-corrected chi connectivity index (χ3v) is 6.15. The first kappa shape index (κ1) is 20.1. The van der Waals surface area contributed by atoms with Crippen molar-refractivity contribution in [3.05, 3.63) is 32.8 Å². The number of piperidine rings is 1. The Morgan fingerprint density at radius 2 is 2.09 bits per heavy atom. The lowest BCUT2D eigenvalue weighted by Crippen LogP contribution is -2.46. The highest BCUT2D eigenvalue weighted by Crippen LogP contribution is 2.31. The predicted molar refractivity (Wildman–Crippen MR) is 90.9 cm³/mol. The van der Waals surface area contributed by atoms with Crippen LogP contribution in [0.5, 0.6) is 0 Å². The summed E-state index contributed by atoms with van der Waals surface area (Å²) in [5.74, 6) is 0. The third-order valence-electron chi connectivity index (χ3n) is 3.92. The number of nitro groups is 1. The van der Waals surface area contributed by atoms with E-state index in [9.17, 15) is 18.5 Å². The minimum absolute atomic E-state index is 0. The summed E-state index contributed by atoms with van der Waals surface area (Å²) in [6.45, 7) is 2.24. The van der Waals surface area contributed by atoms with Gasteiger partial charge >= 0.3 is 0 Å². The van der Waals surface area contributed by atoms with Crippen molar-refractivity contribution < 1.29 is 13.3 Å². The molecule has 130 valence electrons. The van der Waals surface area contributed by atoms with Crippen LogP contribution >= 0.6 is 24.0 Å². The van der Waals surface area contributed by atoms with Crippen LogP contribution in [0.4, 0.5) is 5.69 Å². The smallest absolute Gasteiger partial charge is 0.275 e. The molecule has 23 heavy (non-hydrogen) atoms. The Hall–Kier alpha value is -0.930. The van der Waals surface area contributed by atoms with Gasteiger partial charge in [0.2, 0.25) is 10.0 Å². The van der Waals surface area contributed by atoms with Gasteiger partial charge in [-0.2, -0.15) is 4.31 Å². The van der Waals surface area contributed by atoms with Gasteiger partial charge in [-0.25, -0.2) is 8.42 Å². The molecule has 0 aromatic heterocycles. The average molecular weight is 384 g/mol. The molecule has 1 N–H and O–H groups in total. The number of likely N-dealkylation sites (N-methyl/N-ethyl adjacent to an activating group) is 1. The number of nitrogens with one attached hydrogen (secondary N) is 1. The van der Waals surface area contributed by atoms with E-state index in [4.69, 9.17) is 11.6 Å². The average Bonchev–Trinajstić information content (AvgIpc) is 2.49. The lowest BCUT2D eigenvalue weighted by atomic mass is 10.1. The van der Waals surface area contributed by atoms with Gasteiger partial charge in [-0.1, -0.05) is 11.6 Å². The van der Waals surface area contributed by atoms with Crippen LogP contribution in [-0.4, -0.2) is 43.8 Å². The molecule has 1 aromatic rings. The van der Waals surface area contributed by atoms with Crippen LogP contribution < -0.4 is 5.32 Å². The molecule has 0 aliphatic carbocycles. The highest BCUT2D eigenvalue weighted by atomic mass is 35.5. The normalized spacial score (nSPS) is 19.2. The molecular formula is C13H19Cl2N3O4S. The number of sulfonamides is 1. The maximum Gasteiger partial charge on any atom is 0.275 e. The fourth-order valence-corrected chi connectivity index (χ4v) is 4.37. The summed E-state index contributed by atoms with van der Waals surface area (Å²) in [6.07, 6.45) is 1.64. The van der Waals surface area contributed by atoms with E-state index < -0.39 is 14.9 Å². The topological polar surface area (TPSA) is 92.6 Å². The lowest BCUT2D eigenvalue weighted by molar-refractivity contribution is -0.385. The van der Waals surface area contributed by atoms with Gasteiger partial charge < -0.3 is 5.32 Å². The van der Waals surface area contributed by atoms with Gasteiger partial charge in [-0.3, -0.25) is 10.1 Å². The molecule has 1 heterocycles. The van der Waals surface area contributed by atoms with Crippen LogP contribution in [0.1, 0.15) is 18.4 Å². The summed E-state index contributed by atoms with van der Waals surface area (Å²) in [5.41, 5.74) is -0.0226. The zero-order valence-corrected chi connectivity index (χ0v) is 15.2. The number of nitrogens with zero attached hydrogens (tertiary/aromatic N) is 2. The van der Waals surface area contributed by atoms with Gasteiger partial charge in [0.05, 0.1) is 14.8 Å². The SMILES string of the molecule is CNC1CCCN(S(=O)(=O)c2cc(Cl)c(C)c([N+](=O)[O-])c2)C1.Cl. The summed E-state index contributed by atoms with van der Waals surface area (Å²) >= 11 is 5.96. The van der Waals surface area contributed by atoms with Crippen LogP contribution in [-0.2, 0) is 10.0 Å². The molecule has 7 nitrogen and oxygen atoms in total. The summed E-state index contributed by atoms with van der Waals surface area (Å²) in [5, 5.41) is 14.2. The van der Waals surface area contributed by atoms with Crippen molar-refractivity contribution >= 4 is 39.7 Å². The summed E-state index contributed by atoms with van der Waals surface area (Å²) in [4.78, 5) is 10.3. The number of benzene rings is 1. The van der Waals surface area contributed by atoms with Crippen molar-refractivity contribution in [3.63, 3.8) is 0 Å². The molecule has 0 amide bonds. The van der Waals surface area contributed by atoms with E-state index >= 15 is 0 Å². The number of nitro benzene ring substituents is 1. The van der Waals surface area contributed by atoms with E-state index in [2.05, 4.69) is 5.32 Å². The number of hydrogen-bond acceptors (Lipinski definition) is 5. The first-order chi connectivity index (χ1) is 10.3. The number of halogens is 2. The second-order valence-corrected chi connectivity index (χ2v) is 7.64. The van der Waals surface area contributed by atoms with E-state index in [0.717, 1.165) is 18.9 Å². The van der Waals surface area contributed by atoms with Crippen molar-refractivity contribution in [2.45, 2.75) is 30.7 Å². The van der Waals surface area contributed by atoms with Gasteiger partial charge in [0.25, 0.3) is 5.69 Å². The zero-order chi connectivity index (χ0) is 16.5. The molecule has 0 saturated carbocycles. The quantitative estimate of drug-likeness (QED) is 0.636. The minimum Gasteiger partial charge on any atom is -0.316 e. The van der Waals surface area contributed by atoms with Crippen molar-refractivity contribution in [1.29, 1.82) is 0 Å². The molecule has 1 atom stereocenters. The molecule has 1 unspecified atom stereocenters. The molecule has 1 saturated heterocycles. The van der Waals surface area contributed by atoms with Crippen molar-refractivity contribution in [2.75, 3.05) is 20.1 Å². The molecule has 10 heteroatoms. The van der Waals surface area contributed by atoms with Crippen LogP contribution in [0.3, 0.4) is 0 Å². The highest BCUT2D eigenvalue weighted by Gasteiger charge is 2.31. The Kier molecular flexibility index (Phi) is 6.79. The van der Waals surface area contributed by atoms with E-state index in [1.54, 1.807) is 7.05 Å². The van der Waals surface area contributed by atoms with E-state index in [0.29, 0.717) is 13.1 Å². The fourth-order valence-electron chi connectivity index (χ4n) is 2.52. The Labute approximate surface area is 146 Å². The predicted octanol–water partition coefficient (Wildman–Crippen LogP) is 2.35.